The molecule has 0 aliphatic heterocycles. The maximum atomic E-state index is 10.3. The van der Waals surface area contributed by atoms with Crippen LogP contribution < -0.4 is 4.74 Å². The standard InChI is InChI=1S/C16H20O3/c1-16(2,3)13-11-12(9-10-14(13)19-4)7-5-6-8-15(17)18/h5-11H,1-4H3,(H,17,18)/b7-5+,8-6+. The van der Waals surface area contributed by atoms with Crippen molar-refractivity contribution in [3.8, 4) is 5.75 Å². The van der Waals surface area contributed by atoms with Gasteiger partial charge in [0.05, 0.1) is 7.11 Å². The lowest BCUT2D eigenvalue weighted by Gasteiger charge is -2.22. The summed E-state index contributed by atoms with van der Waals surface area (Å²) in [5, 5.41) is 8.49. The van der Waals surface area contributed by atoms with E-state index >= 15 is 0 Å². The molecule has 102 valence electrons. The van der Waals surface area contributed by atoms with Crippen molar-refractivity contribution in [1.29, 1.82) is 0 Å². The summed E-state index contributed by atoms with van der Waals surface area (Å²) < 4.78 is 5.37. The molecule has 1 aromatic rings. The second-order valence-corrected chi connectivity index (χ2v) is 5.27. The average Bonchev–Trinajstić information content (AvgIpc) is 2.33. The summed E-state index contributed by atoms with van der Waals surface area (Å²) >= 11 is 0. The summed E-state index contributed by atoms with van der Waals surface area (Å²) in [6.45, 7) is 6.38. The lowest BCUT2D eigenvalue weighted by atomic mass is 9.85. The highest BCUT2D eigenvalue weighted by Crippen LogP contribution is 2.32. The van der Waals surface area contributed by atoms with E-state index in [4.69, 9.17) is 9.84 Å². The zero-order valence-corrected chi connectivity index (χ0v) is 11.8. The summed E-state index contributed by atoms with van der Waals surface area (Å²) in [6, 6.07) is 5.93. The first kappa shape index (κ1) is 15.0. The summed E-state index contributed by atoms with van der Waals surface area (Å²) in [7, 11) is 1.66. The van der Waals surface area contributed by atoms with Gasteiger partial charge in [0.1, 0.15) is 5.75 Å². The molecule has 3 nitrogen and oxygen atoms in total. The Kier molecular flexibility index (Phi) is 4.93. The number of hydrogen-bond acceptors (Lipinski definition) is 2. The smallest absolute Gasteiger partial charge is 0.328 e. The summed E-state index contributed by atoms with van der Waals surface area (Å²) in [4.78, 5) is 10.3. The molecule has 0 heterocycles. The topological polar surface area (TPSA) is 46.5 Å². The van der Waals surface area contributed by atoms with Crippen LogP contribution in [-0.4, -0.2) is 18.2 Å². The van der Waals surface area contributed by atoms with Crippen LogP contribution in [0, 0.1) is 0 Å². The molecule has 0 spiro atoms. The molecular weight excluding hydrogens is 240 g/mol. The van der Waals surface area contributed by atoms with Crippen LogP contribution in [-0.2, 0) is 10.2 Å². The lowest BCUT2D eigenvalue weighted by molar-refractivity contribution is -0.131. The molecule has 1 rings (SSSR count). The number of rotatable bonds is 4. The van der Waals surface area contributed by atoms with Crippen LogP contribution in [0.1, 0.15) is 31.9 Å². The Morgan fingerprint density at radius 3 is 2.47 bits per heavy atom. The predicted octanol–water partition coefficient (Wildman–Crippen LogP) is 3.65. The molecule has 19 heavy (non-hydrogen) atoms. The van der Waals surface area contributed by atoms with Gasteiger partial charge in [0.2, 0.25) is 0 Å². The third-order valence-corrected chi connectivity index (χ3v) is 2.67. The third-order valence-electron chi connectivity index (χ3n) is 2.67. The summed E-state index contributed by atoms with van der Waals surface area (Å²) in [6.07, 6.45) is 6.19. The normalized spacial score (nSPS) is 12.2. The highest BCUT2D eigenvalue weighted by Gasteiger charge is 2.18. The van der Waals surface area contributed by atoms with E-state index < -0.39 is 5.97 Å². The van der Waals surface area contributed by atoms with Crippen LogP contribution in [0.4, 0.5) is 0 Å². The van der Waals surface area contributed by atoms with Gasteiger partial charge in [-0.1, -0.05) is 45.1 Å². The molecule has 0 aromatic heterocycles. The van der Waals surface area contributed by atoms with Crippen LogP contribution in [0.2, 0.25) is 0 Å². The molecule has 0 unspecified atom stereocenters. The monoisotopic (exact) mass is 260 g/mol. The van der Waals surface area contributed by atoms with E-state index in [-0.39, 0.29) is 5.41 Å². The Labute approximate surface area is 114 Å². The highest BCUT2D eigenvalue weighted by molar-refractivity contribution is 5.80. The summed E-state index contributed by atoms with van der Waals surface area (Å²) in [5.41, 5.74) is 2.13. The molecule has 1 N–H and O–H groups in total. The Hall–Kier alpha value is -2.03. The number of carboxylic acids is 1. The van der Waals surface area contributed by atoms with Crippen molar-refractivity contribution in [2.45, 2.75) is 26.2 Å². The van der Waals surface area contributed by atoms with E-state index in [1.165, 1.54) is 6.08 Å². The molecular formula is C16H20O3. The number of benzene rings is 1. The largest absolute Gasteiger partial charge is 0.496 e. The van der Waals surface area contributed by atoms with Crippen molar-refractivity contribution < 1.29 is 14.6 Å². The van der Waals surface area contributed by atoms with Gasteiger partial charge >= 0.3 is 5.97 Å². The SMILES string of the molecule is COc1ccc(/C=C/C=C/C(=O)O)cc1C(C)(C)C. The van der Waals surface area contributed by atoms with Crippen molar-refractivity contribution in [3.63, 3.8) is 0 Å². The first-order chi connectivity index (χ1) is 8.84. The van der Waals surface area contributed by atoms with Gasteiger partial charge in [-0.05, 0) is 23.1 Å². The Morgan fingerprint density at radius 2 is 1.95 bits per heavy atom. The lowest BCUT2D eigenvalue weighted by Crippen LogP contribution is -2.12. The molecule has 0 aliphatic carbocycles. The van der Waals surface area contributed by atoms with Crippen molar-refractivity contribution >= 4 is 12.0 Å². The minimum atomic E-state index is -0.949. The average molecular weight is 260 g/mol. The molecule has 0 saturated carbocycles. The van der Waals surface area contributed by atoms with Gasteiger partial charge in [0.25, 0.3) is 0 Å². The first-order valence-corrected chi connectivity index (χ1v) is 6.11. The van der Waals surface area contributed by atoms with E-state index in [0.29, 0.717) is 0 Å². The van der Waals surface area contributed by atoms with Crippen LogP contribution in [0.5, 0.6) is 5.75 Å². The third kappa shape index (κ3) is 4.62. The Bertz CT molecular complexity index is 505. The van der Waals surface area contributed by atoms with Crippen molar-refractivity contribution in [2.24, 2.45) is 0 Å². The molecule has 0 amide bonds. The fourth-order valence-corrected chi connectivity index (χ4v) is 1.72. The van der Waals surface area contributed by atoms with E-state index in [9.17, 15) is 4.79 Å². The van der Waals surface area contributed by atoms with Gasteiger partial charge in [0.15, 0.2) is 0 Å². The van der Waals surface area contributed by atoms with Crippen molar-refractivity contribution in [2.75, 3.05) is 7.11 Å². The number of methoxy groups -OCH3 is 1. The second kappa shape index (κ2) is 6.23. The fourth-order valence-electron chi connectivity index (χ4n) is 1.72. The second-order valence-electron chi connectivity index (χ2n) is 5.27. The van der Waals surface area contributed by atoms with Crippen LogP contribution in [0.15, 0.2) is 36.4 Å². The van der Waals surface area contributed by atoms with Gasteiger partial charge in [0, 0.05) is 11.6 Å². The van der Waals surface area contributed by atoms with Gasteiger partial charge < -0.3 is 9.84 Å². The first-order valence-electron chi connectivity index (χ1n) is 6.11. The van der Waals surface area contributed by atoms with Crippen LogP contribution in [0.3, 0.4) is 0 Å². The molecule has 0 bridgehead atoms. The van der Waals surface area contributed by atoms with Crippen LogP contribution in [0.25, 0.3) is 6.08 Å². The van der Waals surface area contributed by atoms with Crippen LogP contribution >= 0.6 is 0 Å². The van der Waals surface area contributed by atoms with E-state index in [0.717, 1.165) is 23.0 Å². The van der Waals surface area contributed by atoms with Gasteiger partial charge in [-0.25, -0.2) is 4.79 Å². The molecule has 0 fully saturated rings. The number of hydrogen-bond donors (Lipinski definition) is 1. The predicted molar refractivity (Wildman–Crippen MR) is 77.5 cm³/mol. The number of carbonyl (C=O) groups is 1. The number of allylic oxidation sites excluding steroid dienone is 2. The van der Waals surface area contributed by atoms with E-state index in [2.05, 4.69) is 26.8 Å². The van der Waals surface area contributed by atoms with Gasteiger partial charge in [-0.2, -0.15) is 0 Å². The van der Waals surface area contributed by atoms with Crippen molar-refractivity contribution in [3.05, 3.63) is 47.6 Å². The Balaban J connectivity index is 3.02. The molecule has 1 aromatic carbocycles. The number of ether oxygens (including phenoxy) is 1. The molecule has 3 heteroatoms. The fraction of sp³-hybridized carbons (Fsp3) is 0.312. The minimum Gasteiger partial charge on any atom is -0.496 e. The maximum Gasteiger partial charge on any atom is 0.328 e. The summed E-state index contributed by atoms with van der Waals surface area (Å²) in [5.74, 6) is -0.0829. The van der Waals surface area contributed by atoms with Gasteiger partial charge in [-0.3, -0.25) is 0 Å². The molecule has 0 atom stereocenters. The zero-order chi connectivity index (χ0) is 14.5. The quantitative estimate of drug-likeness (QED) is 0.664. The minimum absolute atomic E-state index is 0.00784. The van der Waals surface area contributed by atoms with E-state index in [1.54, 1.807) is 13.2 Å². The Morgan fingerprint density at radius 1 is 1.26 bits per heavy atom. The highest BCUT2D eigenvalue weighted by atomic mass is 16.5. The van der Waals surface area contributed by atoms with Crippen molar-refractivity contribution in [1.82, 2.24) is 0 Å². The van der Waals surface area contributed by atoms with Gasteiger partial charge in [-0.15, -0.1) is 0 Å². The zero-order valence-electron chi connectivity index (χ0n) is 11.8. The molecule has 0 saturated heterocycles. The molecule has 0 radical (unpaired) electrons. The number of aliphatic carboxylic acids is 1. The van der Waals surface area contributed by atoms with E-state index in [1.807, 2.05) is 18.2 Å². The number of carboxylic acid groups (broad SMARTS) is 1. The maximum absolute atomic E-state index is 10.3. The molecule has 0 aliphatic rings.